The first-order chi connectivity index (χ1) is 11.6. The van der Waals surface area contributed by atoms with Crippen LogP contribution in [0, 0.1) is 5.41 Å². The van der Waals surface area contributed by atoms with Crippen molar-refractivity contribution in [2.45, 2.75) is 20.8 Å². The molecule has 1 amide bonds. The van der Waals surface area contributed by atoms with Crippen molar-refractivity contribution >= 4 is 34.9 Å². The van der Waals surface area contributed by atoms with Crippen LogP contribution in [0.2, 0.25) is 5.02 Å². The number of ketones is 1. The molecule has 0 bridgehead atoms. The quantitative estimate of drug-likeness (QED) is 0.786. The lowest BCUT2D eigenvalue weighted by Crippen LogP contribution is -2.20. The molecule has 25 heavy (non-hydrogen) atoms. The van der Waals surface area contributed by atoms with Crippen LogP contribution in [0.1, 0.15) is 51.8 Å². The fourth-order valence-electron chi connectivity index (χ4n) is 2.15. The van der Waals surface area contributed by atoms with Gasteiger partial charge in [0.15, 0.2) is 5.78 Å². The number of rotatable bonds is 4. The van der Waals surface area contributed by atoms with Crippen molar-refractivity contribution in [2.75, 3.05) is 5.32 Å². The first-order valence-electron chi connectivity index (χ1n) is 7.58. The van der Waals surface area contributed by atoms with Crippen molar-refractivity contribution < 1.29 is 19.5 Å². The van der Waals surface area contributed by atoms with Crippen molar-refractivity contribution in [3.63, 3.8) is 0 Å². The second-order valence-corrected chi connectivity index (χ2v) is 7.02. The van der Waals surface area contributed by atoms with Crippen molar-refractivity contribution in [2.24, 2.45) is 5.41 Å². The average Bonchev–Trinajstić information content (AvgIpc) is 2.55. The molecular formula is C19H18ClNO4. The molecule has 5 nitrogen and oxygen atoms in total. The molecule has 0 heterocycles. The number of nitrogens with one attached hydrogen (secondary N) is 1. The first-order valence-corrected chi connectivity index (χ1v) is 7.96. The molecule has 0 fully saturated rings. The Morgan fingerprint density at radius 3 is 1.92 bits per heavy atom. The average molecular weight is 360 g/mol. The maximum absolute atomic E-state index is 12.3. The third-order valence-electron chi connectivity index (χ3n) is 3.55. The van der Waals surface area contributed by atoms with Crippen LogP contribution in [-0.4, -0.2) is 22.8 Å². The minimum atomic E-state index is -1.10. The van der Waals surface area contributed by atoms with E-state index in [0.717, 1.165) is 0 Å². The monoisotopic (exact) mass is 359 g/mol. The molecular weight excluding hydrogens is 342 g/mol. The van der Waals surface area contributed by atoms with Crippen molar-refractivity contribution in [1.29, 1.82) is 0 Å². The van der Waals surface area contributed by atoms with Crippen LogP contribution in [0.3, 0.4) is 0 Å². The lowest BCUT2D eigenvalue weighted by atomic mass is 9.86. The van der Waals surface area contributed by atoms with E-state index in [-0.39, 0.29) is 16.4 Å². The minimum absolute atomic E-state index is 0.00763. The van der Waals surface area contributed by atoms with Gasteiger partial charge in [0.25, 0.3) is 5.91 Å². The third-order valence-corrected chi connectivity index (χ3v) is 3.87. The molecule has 0 aliphatic carbocycles. The Morgan fingerprint density at radius 2 is 1.44 bits per heavy atom. The summed E-state index contributed by atoms with van der Waals surface area (Å²) in [5, 5.41) is 11.7. The molecule has 0 spiro atoms. The van der Waals surface area contributed by atoms with E-state index in [1.54, 1.807) is 24.3 Å². The van der Waals surface area contributed by atoms with Gasteiger partial charge in [-0.15, -0.1) is 0 Å². The van der Waals surface area contributed by atoms with Crippen LogP contribution in [-0.2, 0) is 0 Å². The Bertz CT molecular complexity index is 835. The van der Waals surface area contributed by atoms with Gasteiger partial charge in [-0.1, -0.05) is 44.5 Å². The molecule has 0 atom stereocenters. The zero-order chi connectivity index (χ0) is 18.8. The molecule has 0 saturated carbocycles. The number of carbonyl (C=O) groups excluding carboxylic acids is 2. The van der Waals surface area contributed by atoms with E-state index in [2.05, 4.69) is 5.32 Å². The number of aromatic carboxylic acids is 1. The van der Waals surface area contributed by atoms with Crippen molar-refractivity contribution in [1.82, 2.24) is 0 Å². The highest BCUT2D eigenvalue weighted by atomic mass is 35.5. The summed E-state index contributed by atoms with van der Waals surface area (Å²) in [5.41, 5.74) is 0.750. The number of halogens is 1. The second-order valence-electron chi connectivity index (χ2n) is 6.61. The number of carbonyl (C=O) groups is 3. The summed E-state index contributed by atoms with van der Waals surface area (Å²) < 4.78 is 0. The van der Waals surface area contributed by atoms with Gasteiger partial charge in [0.05, 0.1) is 16.3 Å². The number of hydrogen-bond acceptors (Lipinski definition) is 3. The van der Waals surface area contributed by atoms with Gasteiger partial charge in [-0.3, -0.25) is 9.59 Å². The normalized spacial score (nSPS) is 11.0. The van der Waals surface area contributed by atoms with E-state index in [1.165, 1.54) is 18.2 Å². The molecule has 2 rings (SSSR count). The summed E-state index contributed by atoms with van der Waals surface area (Å²) in [5.74, 6) is -1.51. The smallest absolute Gasteiger partial charge is 0.335 e. The van der Waals surface area contributed by atoms with Crippen molar-refractivity contribution in [3.05, 3.63) is 64.2 Å². The molecule has 0 unspecified atom stereocenters. The highest BCUT2D eigenvalue weighted by Crippen LogP contribution is 2.24. The lowest BCUT2D eigenvalue weighted by Gasteiger charge is -2.16. The predicted octanol–water partition coefficient (Wildman–Crippen LogP) is 4.52. The van der Waals surface area contributed by atoms with Gasteiger partial charge in [0.2, 0.25) is 0 Å². The van der Waals surface area contributed by atoms with E-state index in [0.29, 0.717) is 16.8 Å². The second kappa shape index (κ2) is 7.07. The molecule has 0 aromatic heterocycles. The number of anilines is 1. The van der Waals surface area contributed by atoms with Gasteiger partial charge >= 0.3 is 5.97 Å². The van der Waals surface area contributed by atoms with Gasteiger partial charge in [0.1, 0.15) is 0 Å². The van der Waals surface area contributed by atoms with Crippen LogP contribution < -0.4 is 5.32 Å². The van der Waals surface area contributed by atoms with Crippen LogP contribution in [0.4, 0.5) is 5.69 Å². The van der Waals surface area contributed by atoms with Gasteiger partial charge in [0, 0.05) is 16.5 Å². The fraction of sp³-hybridized carbons (Fsp3) is 0.211. The Morgan fingerprint density at radius 1 is 0.920 bits per heavy atom. The molecule has 0 saturated heterocycles. The van der Waals surface area contributed by atoms with E-state index in [1.807, 2.05) is 20.8 Å². The van der Waals surface area contributed by atoms with Crippen molar-refractivity contribution in [3.8, 4) is 0 Å². The summed E-state index contributed by atoms with van der Waals surface area (Å²) in [6, 6.07) is 10.4. The highest BCUT2D eigenvalue weighted by molar-refractivity contribution is 6.34. The SMILES string of the molecule is CC(C)(C)C(=O)c1ccc(C(=O)Nc2ccc(C(=O)O)cc2Cl)cc1. The van der Waals surface area contributed by atoms with E-state index in [9.17, 15) is 14.4 Å². The standard InChI is InChI=1S/C19H18ClNO4/c1-19(2,3)16(22)11-4-6-12(7-5-11)17(23)21-15-9-8-13(18(24)25)10-14(15)20/h4-10H,1-3H3,(H,21,23)(H,24,25). The molecule has 2 aromatic rings. The summed E-state index contributed by atoms with van der Waals surface area (Å²) >= 11 is 6.00. The number of Topliss-reactive ketones (excluding diaryl/α,β-unsaturated/α-hetero) is 1. The molecule has 2 aromatic carbocycles. The van der Waals surface area contributed by atoms with Crippen LogP contribution >= 0.6 is 11.6 Å². The largest absolute Gasteiger partial charge is 0.478 e. The van der Waals surface area contributed by atoms with Crippen LogP contribution in [0.5, 0.6) is 0 Å². The molecule has 6 heteroatoms. The molecule has 0 radical (unpaired) electrons. The van der Waals surface area contributed by atoms with Gasteiger partial charge < -0.3 is 10.4 Å². The highest BCUT2D eigenvalue weighted by Gasteiger charge is 2.23. The Hall–Kier alpha value is -2.66. The predicted molar refractivity (Wildman–Crippen MR) is 96.6 cm³/mol. The summed E-state index contributed by atoms with van der Waals surface area (Å²) in [6.07, 6.45) is 0. The van der Waals surface area contributed by atoms with Crippen LogP contribution in [0.15, 0.2) is 42.5 Å². The number of hydrogen-bond donors (Lipinski definition) is 2. The summed E-state index contributed by atoms with van der Waals surface area (Å²) in [7, 11) is 0. The Labute approximate surface area is 150 Å². The zero-order valence-corrected chi connectivity index (χ0v) is 14.8. The summed E-state index contributed by atoms with van der Waals surface area (Å²) in [4.78, 5) is 35.4. The third kappa shape index (κ3) is 4.45. The van der Waals surface area contributed by atoms with Gasteiger partial charge in [-0.05, 0) is 30.3 Å². The fourth-order valence-corrected chi connectivity index (χ4v) is 2.38. The Kier molecular flexibility index (Phi) is 5.28. The number of carboxylic acids is 1. The minimum Gasteiger partial charge on any atom is -0.478 e. The molecule has 0 aliphatic heterocycles. The van der Waals surface area contributed by atoms with E-state index >= 15 is 0 Å². The van der Waals surface area contributed by atoms with Crippen LogP contribution in [0.25, 0.3) is 0 Å². The number of benzene rings is 2. The topological polar surface area (TPSA) is 83.5 Å². The number of amides is 1. The van der Waals surface area contributed by atoms with Gasteiger partial charge in [-0.25, -0.2) is 4.79 Å². The Balaban J connectivity index is 2.16. The zero-order valence-electron chi connectivity index (χ0n) is 14.1. The van der Waals surface area contributed by atoms with E-state index < -0.39 is 17.3 Å². The lowest BCUT2D eigenvalue weighted by molar-refractivity contribution is 0.0696. The molecule has 2 N–H and O–H groups in total. The van der Waals surface area contributed by atoms with E-state index in [4.69, 9.17) is 16.7 Å². The molecule has 0 aliphatic rings. The van der Waals surface area contributed by atoms with Gasteiger partial charge in [-0.2, -0.15) is 0 Å². The number of carboxylic acid groups (broad SMARTS) is 1. The molecule has 130 valence electrons. The maximum Gasteiger partial charge on any atom is 0.335 e. The maximum atomic E-state index is 12.3. The first kappa shape index (κ1) is 18.7. The summed E-state index contributed by atoms with van der Waals surface area (Å²) in [6.45, 7) is 5.50.